The predicted octanol–water partition coefficient (Wildman–Crippen LogP) is 3.52. The number of carbonyl (C=O) groups is 1. The SMILES string of the molecule is CCCCNC(=O)CCCn1c(=S)[nH]c2ccc(Br)cc2c1=O. The highest BCUT2D eigenvalue weighted by Gasteiger charge is 2.07. The van der Waals surface area contributed by atoms with E-state index >= 15 is 0 Å². The molecule has 0 aliphatic heterocycles. The lowest BCUT2D eigenvalue weighted by molar-refractivity contribution is -0.121. The molecule has 0 unspecified atom stereocenters. The maximum absolute atomic E-state index is 12.5. The van der Waals surface area contributed by atoms with Crippen LogP contribution in [0.5, 0.6) is 0 Å². The minimum atomic E-state index is -0.128. The van der Waals surface area contributed by atoms with E-state index < -0.39 is 0 Å². The molecule has 0 aliphatic carbocycles. The molecule has 0 aliphatic rings. The molecule has 5 nitrogen and oxygen atoms in total. The number of rotatable bonds is 7. The molecule has 1 aromatic heterocycles. The molecule has 2 N–H and O–H groups in total. The van der Waals surface area contributed by atoms with E-state index in [1.807, 2.05) is 12.1 Å². The van der Waals surface area contributed by atoms with Crippen LogP contribution in [0.1, 0.15) is 32.6 Å². The van der Waals surface area contributed by atoms with Crippen LogP contribution >= 0.6 is 28.1 Å². The standard InChI is InChI=1S/C16H20BrN3O2S/c1-2-3-8-18-14(21)5-4-9-20-15(22)12-10-11(17)6-7-13(12)19-16(20)23/h6-7,10H,2-5,8-9H2,1H3,(H,18,21)(H,19,23). The van der Waals surface area contributed by atoms with Crippen LogP contribution in [0.3, 0.4) is 0 Å². The van der Waals surface area contributed by atoms with Gasteiger partial charge in [-0.2, -0.15) is 0 Å². The van der Waals surface area contributed by atoms with Gasteiger partial charge in [-0.15, -0.1) is 0 Å². The maximum Gasteiger partial charge on any atom is 0.262 e. The van der Waals surface area contributed by atoms with Gasteiger partial charge in [0.15, 0.2) is 4.77 Å². The first kappa shape index (κ1) is 17.9. The Morgan fingerprint density at radius 3 is 2.91 bits per heavy atom. The van der Waals surface area contributed by atoms with Crippen LogP contribution in [0.25, 0.3) is 10.9 Å². The number of fused-ring (bicyclic) bond motifs is 1. The second-order valence-electron chi connectivity index (χ2n) is 5.38. The minimum absolute atomic E-state index is 0.0185. The summed E-state index contributed by atoms with van der Waals surface area (Å²) in [5, 5.41) is 3.45. The van der Waals surface area contributed by atoms with E-state index in [1.54, 1.807) is 6.07 Å². The number of H-pyrrole nitrogens is 1. The lowest BCUT2D eigenvalue weighted by Crippen LogP contribution is -2.26. The average molecular weight is 398 g/mol. The molecule has 0 saturated heterocycles. The number of carbonyl (C=O) groups excluding carboxylic acids is 1. The number of hydrogen-bond donors (Lipinski definition) is 2. The lowest BCUT2D eigenvalue weighted by Gasteiger charge is -2.08. The van der Waals surface area contributed by atoms with Crippen molar-refractivity contribution < 1.29 is 4.79 Å². The molecular weight excluding hydrogens is 378 g/mol. The van der Waals surface area contributed by atoms with Gasteiger partial charge < -0.3 is 10.3 Å². The fourth-order valence-electron chi connectivity index (χ4n) is 2.32. The molecule has 7 heteroatoms. The van der Waals surface area contributed by atoms with Crippen LogP contribution in [-0.2, 0) is 11.3 Å². The van der Waals surface area contributed by atoms with Gasteiger partial charge >= 0.3 is 0 Å². The number of hydrogen-bond acceptors (Lipinski definition) is 3. The predicted molar refractivity (Wildman–Crippen MR) is 98.2 cm³/mol. The Morgan fingerprint density at radius 2 is 2.17 bits per heavy atom. The molecule has 1 heterocycles. The van der Waals surface area contributed by atoms with Crippen LogP contribution in [0.2, 0.25) is 0 Å². The zero-order chi connectivity index (χ0) is 16.8. The number of benzene rings is 1. The van der Waals surface area contributed by atoms with Crippen molar-refractivity contribution in [2.75, 3.05) is 6.54 Å². The molecule has 2 rings (SSSR count). The first-order valence-corrected chi connectivity index (χ1v) is 8.92. The molecule has 23 heavy (non-hydrogen) atoms. The number of nitrogens with zero attached hydrogens (tertiary/aromatic N) is 1. The van der Waals surface area contributed by atoms with Crippen LogP contribution in [0.4, 0.5) is 0 Å². The third kappa shape index (κ3) is 4.75. The van der Waals surface area contributed by atoms with Crippen molar-refractivity contribution in [2.45, 2.75) is 39.2 Å². The van der Waals surface area contributed by atoms with Gasteiger partial charge in [-0.1, -0.05) is 29.3 Å². The summed E-state index contributed by atoms with van der Waals surface area (Å²) in [4.78, 5) is 27.3. The number of nitrogens with one attached hydrogen (secondary N) is 2. The van der Waals surface area contributed by atoms with Crippen molar-refractivity contribution in [1.82, 2.24) is 14.9 Å². The monoisotopic (exact) mass is 397 g/mol. The quantitative estimate of drug-likeness (QED) is 0.554. The molecule has 0 fully saturated rings. The number of aromatic nitrogens is 2. The Hall–Kier alpha value is -1.47. The molecule has 1 aromatic carbocycles. The van der Waals surface area contributed by atoms with Gasteiger partial charge in [0.05, 0.1) is 10.9 Å². The number of amides is 1. The topological polar surface area (TPSA) is 66.9 Å². The summed E-state index contributed by atoms with van der Waals surface area (Å²) in [5.74, 6) is 0.0185. The summed E-state index contributed by atoms with van der Waals surface area (Å²) < 4.78 is 2.74. The fraction of sp³-hybridized carbons (Fsp3) is 0.438. The Morgan fingerprint density at radius 1 is 1.39 bits per heavy atom. The van der Waals surface area contributed by atoms with Crippen molar-refractivity contribution in [1.29, 1.82) is 0 Å². The Labute approximate surface area is 148 Å². The first-order valence-electron chi connectivity index (χ1n) is 7.72. The van der Waals surface area contributed by atoms with Crippen LogP contribution in [-0.4, -0.2) is 22.0 Å². The van der Waals surface area contributed by atoms with E-state index in [-0.39, 0.29) is 11.5 Å². The van der Waals surface area contributed by atoms with Gasteiger partial charge in [0, 0.05) is 24.0 Å². The van der Waals surface area contributed by atoms with Crippen molar-refractivity contribution in [2.24, 2.45) is 0 Å². The minimum Gasteiger partial charge on any atom is -0.356 e. The van der Waals surface area contributed by atoms with Gasteiger partial charge in [0.25, 0.3) is 5.56 Å². The summed E-state index contributed by atoms with van der Waals surface area (Å²) >= 11 is 8.63. The van der Waals surface area contributed by atoms with Gasteiger partial charge in [0.2, 0.25) is 5.91 Å². The molecular formula is C16H20BrN3O2S. The summed E-state index contributed by atoms with van der Waals surface area (Å²) in [6.07, 6.45) is 3.00. The van der Waals surface area contributed by atoms with E-state index in [0.29, 0.717) is 36.1 Å². The van der Waals surface area contributed by atoms with Gasteiger partial charge in [-0.25, -0.2) is 0 Å². The number of halogens is 1. The van der Waals surface area contributed by atoms with Crippen LogP contribution in [0.15, 0.2) is 27.5 Å². The van der Waals surface area contributed by atoms with E-state index in [0.717, 1.165) is 22.8 Å². The smallest absolute Gasteiger partial charge is 0.262 e. The highest BCUT2D eigenvalue weighted by molar-refractivity contribution is 9.10. The molecule has 0 saturated carbocycles. The highest BCUT2D eigenvalue weighted by atomic mass is 79.9. The van der Waals surface area contributed by atoms with E-state index in [4.69, 9.17) is 12.2 Å². The molecule has 0 bridgehead atoms. The number of unbranched alkanes of at least 4 members (excludes halogenated alkanes) is 1. The average Bonchev–Trinajstić information content (AvgIpc) is 2.52. The largest absolute Gasteiger partial charge is 0.356 e. The van der Waals surface area contributed by atoms with Crippen molar-refractivity contribution in [3.05, 3.63) is 37.8 Å². The molecule has 2 aromatic rings. The Balaban J connectivity index is 2.07. The summed E-state index contributed by atoms with van der Waals surface area (Å²) in [7, 11) is 0. The van der Waals surface area contributed by atoms with Gasteiger partial charge in [0.1, 0.15) is 0 Å². The van der Waals surface area contributed by atoms with Crippen molar-refractivity contribution in [3.63, 3.8) is 0 Å². The Bertz CT molecular complexity index is 813. The second kappa shape index (κ2) is 8.40. The van der Waals surface area contributed by atoms with Crippen LogP contribution in [0, 0.1) is 4.77 Å². The first-order chi connectivity index (χ1) is 11.0. The second-order valence-corrected chi connectivity index (χ2v) is 6.69. The van der Waals surface area contributed by atoms with Gasteiger partial charge in [-0.3, -0.25) is 14.2 Å². The molecule has 124 valence electrons. The Kier molecular flexibility index (Phi) is 6.53. The molecule has 0 spiro atoms. The van der Waals surface area contributed by atoms with E-state index in [9.17, 15) is 9.59 Å². The highest BCUT2D eigenvalue weighted by Crippen LogP contribution is 2.15. The zero-order valence-electron chi connectivity index (χ0n) is 13.0. The van der Waals surface area contributed by atoms with Crippen molar-refractivity contribution in [3.8, 4) is 0 Å². The fourth-order valence-corrected chi connectivity index (χ4v) is 2.96. The third-order valence-electron chi connectivity index (χ3n) is 3.58. The summed E-state index contributed by atoms with van der Waals surface area (Å²) in [5.41, 5.74) is 0.591. The third-order valence-corrected chi connectivity index (χ3v) is 4.40. The number of aromatic amines is 1. The van der Waals surface area contributed by atoms with E-state index in [2.05, 4.69) is 33.2 Å². The molecule has 0 radical (unpaired) electrons. The van der Waals surface area contributed by atoms with E-state index in [1.165, 1.54) is 4.57 Å². The maximum atomic E-state index is 12.5. The summed E-state index contributed by atoms with van der Waals surface area (Å²) in [6.45, 7) is 3.22. The molecule has 1 amide bonds. The van der Waals surface area contributed by atoms with Crippen LogP contribution < -0.4 is 10.9 Å². The van der Waals surface area contributed by atoms with Crippen molar-refractivity contribution >= 4 is 45.0 Å². The molecule has 0 atom stereocenters. The lowest BCUT2D eigenvalue weighted by atomic mass is 10.2. The van der Waals surface area contributed by atoms with Gasteiger partial charge in [-0.05, 0) is 43.3 Å². The normalized spacial score (nSPS) is 10.9. The summed E-state index contributed by atoms with van der Waals surface area (Å²) in [6, 6.07) is 5.46. The zero-order valence-corrected chi connectivity index (χ0v) is 15.4.